The van der Waals surface area contributed by atoms with Crippen molar-refractivity contribution in [2.45, 2.75) is 17.7 Å². The Morgan fingerprint density at radius 2 is 1.86 bits per heavy atom. The molecule has 8 nitrogen and oxygen atoms in total. The first-order valence-electron chi connectivity index (χ1n) is 11.6. The van der Waals surface area contributed by atoms with Crippen molar-refractivity contribution < 1.29 is 19.1 Å². The zero-order valence-electron chi connectivity index (χ0n) is 19.8. The topological polar surface area (TPSA) is 83.1 Å². The number of thioether (sulfide) groups is 1. The van der Waals surface area contributed by atoms with E-state index in [1.54, 1.807) is 40.9 Å². The third-order valence-corrected chi connectivity index (χ3v) is 7.97. The lowest BCUT2D eigenvalue weighted by Crippen LogP contribution is -2.43. The van der Waals surface area contributed by atoms with Crippen LogP contribution in [-0.2, 0) is 14.3 Å². The summed E-state index contributed by atoms with van der Waals surface area (Å²) in [7, 11) is 0. The van der Waals surface area contributed by atoms with Crippen LogP contribution in [0.2, 0.25) is 0 Å². The molecule has 2 saturated heterocycles. The Labute approximate surface area is 224 Å². The number of aromatic nitrogens is 1. The molecule has 0 spiro atoms. The number of hydrogen-bond acceptors (Lipinski definition) is 8. The largest absolute Gasteiger partial charge is 0.379 e. The molecule has 0 atom stereocenters. The van der Waals surface area contributed by atoms with E-state index in [-0.39, 0.29) is 43.0 Å². The second-order valence-corrected chi connectivity index (χ2v) is 10.3. The lowest BCUT2D eigenvalue weighted by Gasteiger charge is -2.29. The molecule has 2 aliphatic heterocycles. The average Bonchev–Trinajstić information content (AvgIpc) is 3.46. The number of ether oxygens (including phenoxy) is 1. The number of carbonyl (C=O) groups is 3. The number of anilines is 2. The molecule has 0 aliphatic carbocycles. The molecule has 190 valence electrons. The maximum atomic E-state index is 13.8. The third kappa shape index (κ3) is 5.57. The quantitative estimate of drug-likeness (QED) is 0.326. The van der Waals surface area contributed by atoms with Gasteiger partial charge in [0.25, 0.3) is 5.91 Å². The van der Waals surface area contributed by atoms with E-state index in [0.29, 0.717) is 42.7 Å². The van der Waals surface area contributed by atoms with Gasteiger partial charge in [-0.25, -0.2) is 4.98 Å². The summed E-state index contributed by atoms with van der Waals surface area (Å²) >= 11 is 3.16. The van der Waals surface area contributed by atoms with Crippen molar-refractivity contribution in [2.24, 2.45) is 0 Å². The van der Waals surface area contributed by atoms with E-state index in [1.807, 2.05) is 18.4 Å². The van der Waals surface area contributed by atoms with Gasteiger partial charge in [-0.15, -0.1) is 24.2 Å². The van der Waals surface area contributed by atoms with Crippen molar-refractivity contribution in [2.75, 3.05) is 55.4 Å². The van der Waals surface area contributed by atoms with Gasteiger partial charge in [0, 0.05) is 49.5 Å². The summed E-state index contributed by atoms with van der Waals surface area (Å²) in [6.07, 6.45) is 2.43. The highest BCUT2D eigenvalue weighted by atomic mass is 35.5. The van der Waals surface area contributed by atoms with Gasteiger partial charge in [0.15, 0.2) is 5.13 Å². The van der Waals surface area contributed by atoms with Gasteiger partial charge in [0.1, 0.15) is 0 Å². The molecular weight excluding hydrogens is 520 g/mol. The number of rotatable bonds is 7. The lowest BCUT2D eigenvalue weighted by atomic mass is 10.1. The van der Waals surface area contributed by atoms with Gasteiger partial charge in [0.05, 0.1) is 29.1 Å². The fraction of sp³-hybridized carbons (Fsp3) is 0.360. The Bertz CT molecular complexity index is 1260. The number of morpholine rings is 1. The first-order chi connectivity index (χ1) is 17.0. The van der Waals surface area contributed by atoms with Crippen LogP contribution < -0.4 is 9.80 Å². The molecule has 0 unspecified atom stereocenters. The molecule has 0 N–H and O–H groups in total. The van der Waals surface area contributed by atoms with Crippen LogP contribution in [-0.4, -0.2) is 73.3 Å². The van der Waals surface area contributed by atoms with Crippen LogP contribution in [0.25, 0.3) is 10.2 Å². The maximum Gasteiger partial charge on any atom is 0.260 e. The third-order valence-electron chi connectivity index (χ3n) is 6.21. The van der Waals surface area contributed by atoms with Crippen LogP contribution >= 0.6 is 35.5 Å². The smallest absolute Gasteiger partial charge is 0.260 e. The number of nitrogens with zero attached hydrogens (tertiary/aromatic N) is 4. The zero-order valence-corrected chi connectivity index (χ0v) is 22.3. The van der Waals surface area contributed by atoms with E-state index in [9.17, 15) is 14.4 Å². The van der Waals surface area contributed by atoms with Crippen molar-refractivity contribution in [3.05, 3.63) is 48.0 Å². The van der Waals surface area contributed by atoms with Crippen molar-refractivity contribution in [1.29, 1.82) is 0 Å². The molecule has 0 saturated carbocycles. The van der Waals surface area contributed by atoms with Gasteiger partial charge in [0.2, 0.25) is 11.8 Å². The van der Waals surface area contributed by atoms with Crippen LogP contribution in [0.15, 0.2) is 47.4 Å². The number of halogens is 1. The molecule has 3 aromatic rings. The number of carbonyl (C=O) groups excluding carboxylic acids is 3. The number of thiazole rings is 1. The molecule has 5 rings (SSSR count). The molecular formula is C25H27ClN4O4S2. The number of imide groups is 1. The predicted molar refractivity (Wildman–Crippen MR) is 146 cm³/mol. The molecule has 36 heavy (non-hydrogen) atoms. The summed E-state index contributed by atoms with van der Waals surface area (Å²) in [5.74, 6) is -0.678. The minimum atomic E-state index is -0.237. The fourth-order valence-corrected chi connectivity index (χ4v) is 5.83. The second-order valence-electron chi connectivity index (χ2n) is 8.41. The van der Waals surface area contributed by atoms with E-state index in [1.165, 1.54) is 16.2 Å². The van der Waals surface area contributed by atoms with Crippen molar-refractivity contribution in [3.8, 4) is 0 Å². The van der Waals surface area contributed by atoms with E-state index in [0.717, 1.165) is 28.2 Å². The highest BCUT2D eigenvalue weighted by Gasteiger charge is 2.31. The van der Waals surface area contributed by atoms with Gasteiger partial charge in [-0.1, -0.05) is 17.4 Å². The summed E-state index contributed by atoms with van der Waals surface area (Å²) < 4.78 is 6.48. The number of hydrogen-bond donors (Lipinski definition) is 0. The standard InChI is InChI=1S/C25H26N4O4S2.ClH/c1-34-19-5-6-20-21(16-19)35-25(26-20)28(10-9-27-11-13-33-14-12-27)24(32)17-3-2-4-18(15-17)29-22(30)7-8-23(29)31;/h2-6,15-16H,7-14H2,1H3;1H. The maximum absolute atomic E-state index is 13.8. The van der Waals surface area contributed by atoms with Gasteiger partial charge < -0.3 is 4.74 Å². The Hall–Kier alpha value is -2.50. The summed E-state index contributed by atoms with van der Waals surface area (Å²) in [5.41, 5.74) is 1.71. The highest BCUT2D eigenvalue weighted by Crippen LogP contribution is 2.33. The highest BCUT2D eigenvalue weighted by molar-refractivity contribution is 7.98. The van der Waals surface area contributed by atoms with Gasteiger partial charge in [-0.2, -0.15) is 0 Å². The Morgan fingerprint density at radius 3 is 2.58 bits per heavy atom. The molecule has 0 radical (unpaired) electrons. The monoisotopic (exact) mass is 546 g/mol. The predicted octanol–water partition coefficient (Wildman–Crippen LogP) is 4.07. The molecule has 2 fully saturated rings. The summed E-state index contributed by atoms with van der Waals surface area (Å²) in [6.45, 7) is 4.20. The van der Waals surface area contributed by atoms with Crippen LogP contribution in [0.4, 0.5) is 10.8 Å². The average molecular weight is 547 g/mol. The van der Waals surface area contributed by atoms with Crippen molar-refractivity contribution in [1.82, 2.24) is 9.88 Å². The fourth-order valence-electron chi connectivity index (χ4n) is 4.28. The van der Waals surface area contributed by atoms with E-state index in [4.69, 9.17) is 9.72 Å². The molecule has 2 aliphatic rings. The van der Waals surface area contributed by atoms with Gasteiger partial charge in [-0.05, 0) is 42.7 Å². The minimum absolute atomic E-state index is 0. The minimum Gasteiger partial charge on any atom is -0.379 e. The summed E-state index contributed by atoms with van der Waals surface area (Å²) in [4.78, 5) is 49.4. The number of fused-ring (bicyclic) bond motifs is 1. The molecule has 3 amide bonds. The van der Waals surface area contributed by atoms with Crippen LogP contribution in [0.3, 0.4) is 0 Å². The first kappa shape index (κ1) is 26.6. The zero-order chi connectivity index (χ0) is 24.4. The molecule has 3 heterocycles. The summed E-state index contributed by atoms with van der Waals surface area (Å²) in [6, 6.07) is 12.9. The second kappa shape index (κ2) is 11.7. The van der Waals surface area contributed by atoms with Crippen molar-refractivity contribution >= 4 is 74.3 Å². The van der Waals surface area contributed by atoms with Crippen LogP contribution in [0.1, 0.15) is 23.2 Å². The Balaban J connectivity index is 0.00000304. The van der Waals surface area contributed by atoms with E-state index < -0.39 is 0 Å². The molecule has 2 aromatic carbocycles. The lowest BCUT2D eigenvalue weighted by molar-refractivity contribution is -0.121. The summed E-state index contributed by atoms with van der Waals surface area (Å²) in [5, 5.41) is 0.634. The van der Waals surface area contributed by atoms with Gasteiger partial charge >= 0.3 is 0 Å². The van der Waals surface area contributed by atoms with E-state index in [2.05, 4.69) is 11.0 Å². The first-order valence-corrected chi connectivity index (χ1v) is 13.6. The Morgan fingerprint density at radius 1 is 1.11 bits per heavy atom. The van der Waals surface area contributed by atoms with Crippen molar-refractivity contribution in [3.63, 3.8) is 0 Å². The SMILES string of the molecule is CSc1ccc2nc(N(CCN3CCOCC3)C(=O)c3cccc(N4C(=O)CCC4=O)c3)sc2c1.Cl. The van der Waals surface area contributed by atoms with Crippen LogP contribution in [0.5, 0.6) is 0 Å². The normalized spacial score (nSPS) is 16.4. The van der Waals surface area contributed by atoms with Crippen LogP contribution in [0, 0.1) is 0 Å². The molecule has 0 bridgehead atoms. The number of amides is 3. The van der Waals surface area contributed by atoms with E-state index >= 15 is 0 Å². The van der Waals surface area contributed by atoms with Gasteiger partial charge in [-0.3, -0.25) is 29.1 Å². The number of benzene rings is 2. The molecule has 11 heteroatoms. The Kier molecular flexibility index (Phi) is 8.63. The molecule has 1 aromatic heterocycles.